The van der Waals surface area contributed by atoms with E-state index in [9.17, 15) is 9.18 Å². The van der Waals surface area contributed by atoms with E-state index in [1.54, 1.807) is 23.1 Å². The molecule has 4 nitrogen and oxygen atoms in total. The maximum Gasteiger partial charge on any atom is 0.236 e. The third-order valence-electron chi connectivity index (χ3n) is 2.17. The van der Waals surface area contributed by atoms with Crippen LogP contribution in [0.1, 0.15) is 6.42 Å². The third kappa shape index (κ3) is 3.51. The fourth-order valence-electron chi connectivity index (χ4n) is 1.46. The van der Waals surface area contributed by atoms with Crippen LogP contribution in [0, 0.1) is 5.82 Å². The molecule has 0 aliphatic carbocycles. The van der Waals surface area contributed by atoms with Crippen LogP contribution in [0.5, 0.6) is 0 Å². The second-order valence-corrected chi connectivity index (χ2v) is 3.48. The molecular formula is C11H16FN3O. The SMILES string of the molecule is NCCCN(CC(N)=O)c1ccccc1F. The Hall–Kier alpha value is -1.62. The molecule has 1 aromatic rings. The van der Waals surface area contributed by atoms with Crippen molar-refractivity contribution in [3.63, 3.8) is 0 Å². The molecule has 0 spiro atoms. The van der Waals surface area contributed by atoms with Gasteiger partial charge in [-0.2, -0.15) is 0 Å². The molecule has 0 aliphatic heterocycles. The first-order valence-corrected chi connectivity index (χ1v) is 5.13. The Balaban J connectivity index is 2.82. The van der Waals surface area contributed by atoms with Crippen LogP contribution < -0.4 is 16.4 Å². The summed E-state index contributed by atoms with van der Waals surface area (Å²) in [7, 11) is 0. The van der Waals surface area contributed by atoms with E-state index in [1.165, 1.54) is 6.07 Å². The number of nitrogens with zero attached hydrogens (tertiary/aromatic N) is 1. The van der Waals surface area contributed by atoms with Crippen molar-refractivity contribution in [1.82, 2.24) is 0 Å². The van der Waals surface area contributed by atoms with Crippen molar-refractivity contribution in [2.24, 2.45) is 11.5 Å². The lowest BCUT2D eigenvalue weighted by molar-refractivity contribution is -0.116. The third-order valence-corrected chi connectivity index (χ3v) is 2.17. The van der Waals surface area contributed by atoms with E-state index in [0.29, 0.717) is 25.2 Å². The van der Waals surface area contributed by atoms with Gasteiger partial charge in [0.25, 0.3) is 0 Å². The quantitative estimate of drug-likeness (QED) is 0.739. The lowest BCUT2D eigenvalue weighted by Gasteiger charge is -2.23. The van der Waals surface area contributed by atoms with Crippen molar-refractivity contribution in [1.29, 1.82) is 0 Å². The van der Waals surface area contributed by atoms with Gasteiger partial charge in [-0.1, -0.05) is 12.1 Å². The monoisotopic (exact) mass is 225 g/mol. The molecular weight excluding hydrogens is 209 g/mol. The maximum atomic E-state index is 13.5. The summed E-state index contributed by atoms with van der Waals surface area (Å²) in [5, 5.41) is 0. The van der Waals surface area contributed by atoms with Gasteiger partial charge in [0, 0.05) is 6.54 Å². The van der Waals surface area contributed by atoms with E-state index in [-0.39, 0.29) is 12.4 Å². The van der Waals surface area contributed by atoms with Crippen molar-refractivity contribution < 1.29 is 9.18 Å². The van der Waals surface area contributed by atoms with Crippen molar-refractivity contribution in [2.45, 2.75) is 6.42 Å². The first kappa shape index (κ1) is 12.4. The van der Waals surface area contributed by atoms with Crippen molar-refractivity contribution in [2.75, 3.05) is 24.5 Å². The minimum atomic E-state index is -0.486. The second-order valence-electron chi connectivity index (χ2n) is 3.48. The number of amides is 1. The molecule has 4 N–H and O–H groups in total. The Morgan fingerprint density at radius 1 is 1.38 bits per heavy atom. The van der Waals surface area contributed by atoms with E-state index in [1.807, 2.05) is 0 Å². The van der Waals surface area contributed by atoms with Crippen molar-refractivity contribution >= 4 is 11.6 Å². The molecule has 0 unspecified atom stereocenters. The number of nitrogens with two attached hydrogens (primary N) is 2. The molecule has 5 heteroatoms. The lowest BCUT2D eigenvalue weighted by atomic mass is 10.2. The summed E-state index contributed by atoms with van der Waals surface area (Å²) in [6.07, 6.45) is 0.682. The number of hydrogen-bond donors (Lipinski definition) is 2. The van der Waals surface area contributed by atoms with Gasteiger partial charge in [0.15, 0.2) is 0 Å². The van der Waals surface area contributed by atoms with Crippen LogP contribution in [-0.2, 0) is 4.79 Å². The van der Waals surface area contributed by atoms with Crippen LogP contribution in [0.2, 0.25) is 0 Å². The smallest absolute Gasteiger partial charge is 0.236 e. The van der Waals surface area contributed by atoms with Gasteiger partial charge >= 0.3 is 0 Å². The van der Waals surface area contributed by atoms with E-state index in [0.717, 1.165) is 0 Å². The highest BCUT2D eigenvalue weighted by Crippen LogP contribution is 2.18. The van der Waals surface area contributed by atoms with Crippen molar-refractivity contribution in [3.05, 3.63) is 30.1 Å². The van der Waals surface area contributed by atoms with Gasteiger partial charge in [-0.05, 0) is 25.1 Å². The predicted octanol–water partition coefficient (Wildman–Crippen LogP) is 0.466. The minimum Gasteiger partial charge on any atom is -0.368 e. The summed E-state index contributed by atoms with van der Waals surface area (Å²) in [4.78, 5) is 12.5. The van der Waals surface area contributed by atoms with Gasteiger partial charge in [0.05, 0.1) is 12.2 Å². The topological polar surface area (TPSA) is 72.3 Å². The number of primary amides is 1. The molecule has 0 aliphatic rings. The Kier molecular flexibility index (Phi) is 4.72. The molecule has 16 heavy (non-hydrogen) atoms. The molecule has 1 rings (SSSR count). The molecule has 0 atom stereocenters. The Bertz CT molecular complexity index is 357. The average Bonchev–Trinajstić information content (AvgIpc) is 2.24. The first-order chi connectivity index (χ1) is 7.65. The van der Waals surface area contributed by atoms with Crippen LogP contribution in [0.3, 0.4) is 0 Å². The standard InChI is InChI=1S/C11H16FN3O/c12-9-4-1-2-5-10(9)15(7-3-6-13)8-11(14)16/h1-2,4-5H,3,6-8,13H2,(H2,14,16). The van der Waals surface area contributed by atoms with Gasteiger partial charge < -0.3 is 16.4 Å². The molecule has 0 bridgehead atoms. The average molecular weight is 225 g/mol. The number of carbonyl (C=O) groups is 1. The predicted molar refractivity (Wildman–Crippen MR) is 61.5 cm³/mol. The first-order valence-electron chi connectivity index (χ1n) is 5.13. The number of hydrogen-bond acceptors (Lipinski definition) is 3. The van der Waals surface area contributed by atoms with Crippen LogP contribution in [0.15, 0.2) is 24.3 Å². The number of anilines is 1. The van der Waals surface area contributed by atoms with Gasteiger partial charge in [-0.25, -0.2) is 4.39 Å². The van der Waals surface area contributed by atoms with Crippen LogP contribution in [0.25, 0.3) is 0 Å². The second kappa shape index (κ2) is 6.07. The summed E-state index contributed by atoms with van der Waals surface area (Å²) < 4.78 is 13.5. The number of carbonyl (C=O) groups excluding carboxylic acids is 1. The lowest BCUT2D eigenvalue weighted by Crippen LogP contribution is -2.35. The summed E-state index contributed by atoms with van der Waals surface area (Å²) in [5.74, 6) is -0.846. The fourth-order valence-corrected chi connectivity index (χ4v) is 1.46. The Morgan fingerprint density at radius 3 is 2.62 bits per heavy atom. The highest BCUT2D eigenvalue weighted by atomic mass is 19.1. The molecule has 1 aromatic carbocycles. The Morgan fingerprint density at radius 2 is 2.06 bits per heavy atom. The molecule has 0 aromatic heterocycles. The van der Waals surface area contributed by atoms with E-state index < -0.39 is 5.91 Å². The van der Waals surface area contributed by atoms with Gasteiger partial charge in [0.2, 0.25) is 5.91 Å². The van der Waals surface area contributed by atoms with E-state index >= 15 is 0 Å². The largest absolute Gasteiger partial charge is 0.368 e. The van der Waals surface area contributed by atoms with Crippen molar-refractivity contribution in [3.8, 4) is 0 Å². The zero-order valence-electron chi connectivity index (χ0n) is 9.03. The molecule has 0 radical (unpaired) electrons. The highest BCUT2D eigenvalue weighted by Gasteiger charge is 2.12. The van der Waals surface area contributed by atoms with Gasteiger partial charge in [-0.3, -0.25) is 4.79 Å². The van der Waals surface area contributed by atoms with Gasteiger partial charge in [-0.15, -0.1) is 0 Å². The number of halogens is 1. The molecule has 0 saturated heterocycles. The Labute approximate surface area is 94.0 Å². The maximum absolute atomic E-state index is 13.5. The molecule has 88 valence electrons. The van der Waals surface area contributed by atoms with E-state index in [4.69, 9.17) is 11.5 Å². The number of benzene rings is 1. The summed E-state index contributed by atoms with van der Waals surface area (Å²) in [5.41, 5.74) is 10.9. The summed E-state index contributed by atoms with van der Waals surface area (Å²) >= 11 is 0. The zero-order valence-corrected chi connectivity index (χ0v) is 9.03. The fraction of sp³-hybridized carbons (Fsp3) is 0.364. The number of para-hydroxylation sites is 1. The summed E-state index contributed by atoms with van der Waals surface area (Å²) in [6, 6.07) is 6.29. The zero-order chi connectivity index (χ0) is 12.0. The van der Waals surface area contributed by atoms with Crippen LogP contribution in [0.4, 0.5) is 10.1 Å². The van der Waals surface area contributed by atoms with Crippen LogP contribution in [-0.4, -0.2) is 25.5 Å². The minimum absolute atomic E-state index is 0.000926. The molecule has 0 fully saturated rings. The highest BCUT2D eigenvalue weighted by molar-refractivity contribution is 5.79. The number of rotatable bonds is 6. The van der Waals surface area contributed by atoms with E-state index in [2.05, 4.69) is 0 Å². The molecule has 0 saturated carbocycles. The summed E-state index contributed by atoms with van der Waals surface area (Å²) in [6.45, 7) is 1.00. The van der Waals surface area contributed by atoms with Crippen LogP contribution >= 0.6 is 0 Å². The molecule has 0 heterocycles. The normalized spacial score (nSPS) is 10.1. The molecule has 1 amide bonds. The van der Waals surface area contributed by atoms with Gasteiger partial charge in [0.1, 0.15) is 5.82 Å².